The summed E-state index contributed by atoms with van der Waals surface area (Å²) in [6.07, 6.45) is 10.5. The molecular weight excluding hydrogens is 400 g/mol. The van der Waals surface area contributed by atoms with E-state index < -0.39 is 0 Å². The number of carbonyl (C=O) groups excluding carboxylic acids is 2. The predicted molar refractivity (Wildman–Crippen MR) is 123 cm³/mol. The Morgan fingerprint density at radius 2 is 1.56 bits per heavy atom. The highest BCUT2D eigenvalue weighted by molar-refractivity contribution is 5.89. The first-order valence-corrected chi connectivity index (χ1v) is 12.7. The number of fused-ring (bicyclic) bond motifs is 5. The normalized spacial score (nSPS) is 42.8. The van der Waals surface area contributed by atoms with Crippen molar-refractivity contribution in [2.24, 2.45) is 34.5 Å². The number of rotatable bonds is 3. The van der Waals surface area contributed by atoms with E-state index in [4.69, 9.17) is 9.47 Å². The van der Waals surface area contributed by atoms with Crippen molar-refractivity contribution in [3.8, 4) is 0 Å². The smallest absolute Gasteiger partial charge is 0.338 e. The Morgan fingerprint density at radius 1 is 0.844 bits per heavy atom. The van der Waals surface area contributed by atoms with Crippen molar-refractivity contribution in [1.82, 2.24) is 0 Å². The zero-order valence-corrected chi connectivity index (χ0v) is 19.8. The third-order valence-corrected chi connectivity index (χ3v) is 10.1. The highest BCUT2D eigenvalue weighted by Gasteiger charge is 2.61. The molecule has 32 heavy (non-hydrogen) atoms. The SMILES string of the molecule is CC(=O)OC1CC[C@]2(C)C3CC[C@]4(C)C(OC(=O)c5ccccc5)CCC4C3CC[C@H]2C1. The molecule has 4 saturated carbocycles. The number of ether oxygens (including phenoxy) is 2. The van der Waals surface area contributed by atoms with Crippen LogP contribution in [0, 0.1) is 34.5 Å². The summed E-state index contributed by atoms with van der Waals surface area (Å²) in [5, 5.41) is 0. The van der Waals surface area contributed by atoms with Crippen LogP contribution in [0.4, 0.5) is 0 Å². The van der Waals surface area contributed by atoms with Gasteiger partial charge >= 0.3 is 11.9 Å². The van der Waals surface area contributed by atoms with E-state index in [1.54, 1.807) is 0 Å². The van der Waals surface area contributed by atoms with Crippen LogP contribution in [0.15, 0.2) is 30.3 Å². The van der Waals surface area contributed by atoms with Gasteiger partial charge in [-0.05, 0) is 99.0 Å². The van der Waals surface area contributed by atoms with Gasteiger partial charge in [0.1, 0.15) is 12.2 Å². The van der Waals surface area contributed by atoms with Crippen LogP contribution in [0.2, 0.25) is 0 Å². The van der Waals surface area contributed by atoms with Crippen LogP contribution in [-0.2, 0) is 14.3 Å². The Bertz CT molecular complexity index is 865. The van der Waals surface area contributed by atoms with Crippen LogP contribution in [0.1, 0.15) is 88.9 Å². The van der Waals surface area contributed by atoms with Gasteiger partial charge in [-0.15, -0.1) is 0 Å². The lowest BCUT2D eigenvalue weighted by atomic mass is 9.45. The van der Waals surface area contributed by atoms with Gasteiger partial charge in [0.2, 0.25) is 0 Å². The lowest BCUT2D eigenvalue weighted by molar-refractivity contribution is -0.161. The Balaban J connectivity index is 1.30. The van der Waals surface area contributed by atoms with Gasteiger partial charge in [0.15, 0.2) is 0 Å². The number of carbonyl (C=O) groups is 2. The summed E-state index contributed by atoms with van der Waals surface area (Å²) in [5.41, 5.74) is 1.12. The molecule has 174 valence electrons. The molecule has 1 aromatic rings. The molecule has 5 unspecified atom stereocenters. The van der Waals surface area contributed by atoms with Gasteiger partial charge < -0.3 is 9.47 Å². The van der Waals surface area contributed by atoms with E-state index >= 15 is 0 Å². The molecule has 0 amide bonds. The minimum Gasteiger partial charge on any atom is -0.463 e. The molecule has 0 aromatic heterocycles. The first-order valence-electron chi connectivity index (χ1n) is 12.7. The molecule has 1 aromatic carbocycles. The third-order valence-electron chi connectivity index (χ3n) is 10.1. The van der Waals surface area contributed by atoms with E-state index in [-0.39, 0.29) is 29.6 Å². The van der Waals surface area contributed by atoms with Crippen LogP contribution in [0.5, 0.6) is 0 Å². The second-order valence-corrected chi connectivity index (χ2v) is 11.5. The highest BCUT2D eigenvalue weighted by Crippen LogP contribution is 2.66. The van der Waals surface area contributed by atoms with Crippen LogP contribution < -0.4 is 0 Å². The second kappa shape index (κ2) is 8.18. The molecule has 0 aliphatic heterocycles. The van der Waals surface area contributed by atoms with E-state index in [9.17, 15) is 9.59 Å². The van der Waals surface area contributed by atoms with Crippen molar-refractivity contribution >= 4 is 11.9 Å². The molecule has 0 heterocycles. The molecule has 5 rings (SSSR count). The van der Waals surface area contributed by atoms with E-state index in [0.717, 1.165) is 37.5 Å². The van der Waals surface area contributed by atoms with Gasteiger partial charge in [-0.25, -0.2) is 4.79 Å². The van der Waals surface area contributed by atoms with Gasteiger partial charge in [-0.1, -0.05) is 32.0 Å². The van der Waals surface area contributed by atoms with Crippen molar-refractivity contribution < 1.29 is 19.1 Å². The maximum Gasteiger partial charge on any atom is 0.338 e. The third kappa shape index (κ3) is 3.58. The summed E-state index contributed by atoms with van der Waals surface area (Å²) in [6.45, 7) is 6.46. The van der Waals surface area contributed by atoms with Crippen LogP contribution >= 0.6 is 0 Å². The van der Waals surface area contributed by atoms with E-state index in [2.05, 4.69) is 13.8 Å². The molecule has 4 aliphatic carbocycles. The Hall–Kier alpha value is -1.84. The van der Waals surface area contributed by atoms with Gasteiger partial charge in [-0.2, -0.15) is 0 Å². The lowest BCUT2D eigenvalue weighted by Gasteiger charge is -2.60. The van der Waals surface area contributed by atoms with E-state index in [1.807, 2.05) is 30.3 Å². The number of esters is 2. The van der Waals surface area contributed by atoms with E-state index in [0.29, 0.717) is 22.8 Å². The number of benzene rings is 1. The average Bonchev–Trinajstić information content (AvgIpc) is 3.10. The van der Waals surface area contributed by atoms with Crippen LogP contribution in [0.3, 0.4) is 0 Å². The largest absolute Gasteiger partial charge is 0.463 e. The standard InChI is InChI=1S/C28H38O4/c1-18(29)31-21-13-15-27(2)20(17-21)9-10-22-23-11-12-25(28(23,3)16-14-24(22)27)32-26(30)19-7-5-4-6-8-19/h4-8,20-25H,9-17H2,1-3H3/t20-,21?,22?,23?,24?,25?,27-,28-/m0/s1. The quantitative estimate of drug-likeness (QED) is 0.528. The zero-order chi connectivity index (χ0) is 22.5. The first-order chi connectivity index (χ1) is 15.3. The molecule has 0 radical (unpaired) electrons. The van der Waals surface area contributed by atoms with Crippen LogP contribution in [0.25, 0.3) is 0 Å². The summed E-state index contributed by atoms with van der Waals surface area (Å²) in [7, 11) is 0. The molecular formula is C28H38O4. The lowest BCUT2D eigenvalue weighted by Crippen LogP contribution is -2.54. The minimum absolute atomic E-state index is 0.0337. The topological polar surface area (TPSA) is 52.6 Å². The average molecular weight is 439 g/mol. The van der Waals surface area contributed by atoms with Gasteiger partial charge in [-0.3, -0.25) is 4.79 Å². The fourth-order valence-corrected chi connectivity index (χ4v) is 8.48. The van der Waals surface area contributed by atoms with E-state index in [1.165, 1.54) is 39.0 Å². The summed E-state index contributed by atoms with van der Waals surface area (Å²) in [6, 6.07) is 9.43. The van der Waals surface area contributed by atoms with Crippen molar-refractivity contribution in [2.75, 3.05) is 0 Å². The van der Waals surface area contributed by atoms with Crippen molar-refractivity contribution in [2.45, 2.75) is 90.8 Å². The minimum atomic E-state index is -0.168. The number of hydrogen-bond donors (Lipinski definition) is 0. The zero-order valence-electron chi connectivity index (χ0n) is 19.8. The summed E-state index contributed by atoms with van der Waals surface area (Å²) >= 11 is 0. The predicted octanol–water partition coefficient (Wildman–Crippen LogP) is 6.19. The summed E-state index contributed by atoms with van der Waals surface area (Å²) in [4.78, 5) is 24.3. The summed E-state index contributed by atoms with van der Waals surface area (Å²) < 4.78 is 11.8. The van der Waals surface area contributed by atoms with Crippen LogP contribution in [-0.4, -0.2) is 24.1 Å². The fraction of sp³-hybridized carbons (Fsp3) is 0.714. The maximum atomic E-state index is 12.8. The summed E-state index contributed by atoms with van der Waals surface area (Å²) in [5.74, 6) is 2.50. The molecule has 4 heteroatoms. The Labute approximate surface area is 192 Å². The monoisotopic (exact) mass is 438 g/mol. The van der Waals surface area contributed by atoms with Gasteiger partial charge in [0, 0.05) is 12.3 Å². The second-order valence-electron chi connectivity index (χ2n) is 11.5. The highest BCUT2D eigenvalue weighted by atomic mass is 16.5. The van der Waals surface area contributed by atoms with Gasteiger partial charge in [0.25, 0.3) is 0 Å². The fourth-order valence-electron chi connectivity index (χ4n) is 8.48. The Kier molecular flexibility index (Phi) is 5.62. The van der Waals surface area contributed by atoms with Crippen molar-refractivity contribution in [3.63, 3.8) is 0 Å². The van der Waals surface area contributed by atoms with Crippen molar-refractivity contribution in [3.05, 3.63) is 35.9 Å². The van der Waals surface area contributed by atoms with Crippen molar-refractivity contribution in [1.29, 1.82) is 0 Å². The molecule has 4 fully saturated rings. The molecule has 4 nitrogen and oxygen atoms in total. The molecule has 0 bridgehead atoms. The number of hydrogen-bond acceptors (Lipinski definition) is 4. The molecule has 0 saturated heterocycles. The molecule has 0 N–H and O–H groups in total. The maximum absolute atomic E-state index is 12.8. The van der Waals surface area contributed by atoms with Gasteiger partial charge in [0.05, 0.1) is 5.56 Å². The first kappa shape index (κ1) is 22.0. The Morgan fingerprint density at radius 3 is 2.31 bits per heavy atom. The molecule has 8 atom stereocenters. The molecule has 4 aliphatic rings. The molecule has 0 spiro atoms.